The summed E-state index contributed by atoms with van der Waals surface area (Å²) < 4.78 is 3.34. The molecule has 1 heterocycles. The van der Waals surface area contributed by atoms with E-state index in [0.29, 0.717) is 24.5 Å². The molecule has 0 saturated carbocycles. The molecular formula is C27H40N6S2. The van der Waals surface area contributed by atoms with Crippen molar-refractivity contribution in [3.63, 3.8) is 0 Å². The summed E-state index contributed by atoms with van der Waals surface area (Å²) in [6.45, 7) is 8.35. The Morgan fingerprint density at radius 1 is 1.03 bits per heavy atom. The molecule has 0 aliphatic carbocycles. The summed E-state index contributed by atoms with van der Waals surface area (Å²) in [6, 6.07) is 14.7. The lowest BCUT2D eigenvalue weighted by atomic mass is 9.95. The zero-order valence-corrected chi connectivity index (χ0v) is 23.1. The Bertz CT molecular complexity index is 1080. The van der Waals surface area contributed by atoms with Gasteiger partial charge in [-0.2, -0.15) is 0 Å². The van der Waals surface area contributed by atoms with E-state index in [1.165, 1.54) is 5.56 Å². The van der Waals surface area contributed by atoms with Gasteiger partial charge in [0.2, 0.25) is 0 Å². The van der Waals surface area contributed by atoms with Gasteiger partial charge in [0.25, 0.3) is 0 Å². The Morgan fingerprint density at radius 3 is 2.37 bits per heavy atom. The van der Waals surface area contributed by atoms with Crippen molar-refractivity contribution in [3.8, 4) is 0 Å². The molecule has 0 bridgehead atoms. The van der Waals surface area contributed by atoms with Crippen LogP contribution in [0.25, 0.3) is 10.9 Å². The largest absolute Gasteiger partial charge is 0.395 e. The van der Waals surface area contributed by atoms with Crippen LogP contribution in [0.3, 0.4) is 0 Å². The van der Waals surface area contributed by atoms with Gasteiger partial charge in [-0.05, 0) is 59.3 Å². The van der Waals surface area contributed by atoms with E-state index >= 15 is 0 Å². The van der Waals surface area contributed by atoms with Gasteiger partial charge in [-0.3, -0.25) is 9.71 Å². The van der Waals surface area contributed by atoms with E-state index in [-0.39, 0.29) is 0 Å². The minimum atomic E-state index is 0.357. The Morgan fingerprint density at radius 2 is 1.71 bits per heavy atom. The molecule has 0 spiro atoms. The summed E-state index contributed by atoms with van der Waals surface area (Å²) in [5, 5.41) is 0.995. The third kappa shape index (κ3) is 8.42. The Kier molecular flexibility index (Phi) is 13.0. The minimum Gasteiger partial charge on any atom is -0.395 e. The highest BCUT2D eigenvalue weighted by molar-refractivity contribution is 8.75. The molecule has 3 aromatic rings. The Labute approximate surface area is 218 Å². The summed E-state index contributed by atoms with van der Waals surface area (Å²) in [5.74, 6) is 0.357. The molecule has 0 saturated heterocycles. The van der Waals surface area contributed by atoms with Crippen molar-refractivity contribution in [1.82, 2.24) is 9.71 Å². The van der Waals surface area contributed by atoms with Crippen LogP contribution >= 0.6 is 21.8 Å². The van der Waals surface area contributed by atoms with Gasteiger partial charge in [0.1, 0.15) is 5.82 Å². The lowest BCUT2D eigenvalue weighted by molar-refractivity contribution is 0.801. The number of anilines is 2. The average molecular weight is 513 g/mol. The number of nitrogens with two attached hydrogens (primary N) is 3. The molecule has 2 aromatic carbocycles. The third-order valence-corrected chi connectivity index (χ3v) is 6.79. The number of aliphatic imine (C=N–C) groups is 1. The molecular weight excluding hydrogens is 472 g/mol. The maximum atomic E-state index is 6.49. The number of aromatic nitrogens is 1. The van der Waals surface area contributed by atoms with Crippen molar-refractivity contribution >= 4 is 49.9 Å². The maximum absolute atomic E-state index is 6.49. The van der Waals surface area contributed by atoms with Crippen molar-refractivity contribution in [2.75, 3.05) is 30.8 Å². The van der Waals surface area contributed by atoms with Crippen molar-refractivity contribution < 1.29 is 0 Å². The molecule has 8 heteroatoms. The second-order valence-electron chi connectivity index (χ2n) is 7.91. The predicted octanol–water partition coefficient (Wildman–Crippen LogP) is 5.77. The molecule has 0 radical (unpaired) electrons. The van der Waals surface area contributed by atoms with Crippen LogP contribution in [0, 0.1) is 0 Å². The van der Waals surface area contributed by atoms with E-state index < -0.39 is 0 Å². The first-order valence-corrected chi connectivity index (χ1v) is 14.8. The number of hydrogen-bond donors (Lipinski definition) is 4. The molecule has 0 aliphatic rings. The lowest BCUT2D eigenvalue weighted by Gasteiger charge is -2.16. The number of nitrogens with one attached hydrogen (secondary N) is 1. The van der Waals surface area contributed by atoms with E-state index in [0.717, 1.165) is 65.7 Å². The standard InChI is InChI=1S/C25H34N6S2.C2H6/c1-3-12-29-22(15-18-6-8-19(16-26)9-7-18)23-20-11-10-17(5-4-13-30-33-32-2)14-21(20)31-25(28)24(23)27;1-2/h6-11,14,30H,3-5,12-13,15-16,26-27H2,1-2H3,(H2,28,31);1-2H3. The first-order valence-electron chi connectivity index (χ1n) is 12.3. The van der Waals surface area contributed by atoms with Crippen molar-refractivity contribution in [2.24, 2.45) is 10.7 Å². The summed E-state index contributed by atoms with van der Waals surface area (Å²) in [7, 11) is 3.39. The molecule has 0 amide bonds. The van der Waals surface area contributed by atoms with Crippen LogP contribution in [0.15, 0.2) is 47.5 Å². The van der Waals surface area contributed by atoms with E-state index in [9.17, 15) is 0 Å². The summed E-state index contributed by atoms with van der Waals surface area (Å²) in [5.41, 5.74) is 25.2. The quantitative estimate of drug-likeness (QED) is 0.105. The highest BCUT2D eigenvalue weighted by atomic mass is 33.1. The molecule has 0 fully saturated rings. The first kappa shape index (κ1) is 29.0. The second-order valence-corrected chi connectivity index (χ2v) is 10.2. The highest BCUT2D eigenvalue weighted by Gasteiger charge is 2.17. The van der Waals surface area contributed by atoms with Crippen LogP contribution in [0.2, 0.25) is 0 Å². The van der Waals surface area contributed by atoms with Gasteiger partial charge in [0.15, 0.2) is 0 Å². The van der Waals surface area contributed by atoms with Crippen LogP contribution < -0.4 is 21.9 Å². The highest BCUT2D eigenvalue weighted by Crippen LogP contribution is 2.30. The molecule has 190 valence electrons. The predicted molar refractivity (Wildman–Crippen MR) is 159 cm³/mol. The minimum absolute atomic E-state index is 0.357. The van der Waals surface area contributed by atoms with Crippen LogP contribution in [-0.4, -0.2) is 30.0 Å². The van der Waals surface area contributed by atoms with Crippen LogP contribution in [0.4, 0.5) is 11.5 Å². The lowest BCUT2D eigenvalue weighted by Crippen LogP contribution is -2.13. The Hall–Kier alpha value is -2.26. The number of rotatable bonds is 12. The maximum Gasteiger partial charge on any atom is 0.148 e. The van der Waals surface area contributed by atoms with Gasteiger partial charge in [-0.25, -0.2) is 4.98 Å². The van der Waals surface area contributed by atoms with Crippen LogP contribution in [0.1, 0.15) is 55.9 Å². The second kappa shape index (κ2) is 15.7. The van der Waals surface area contributed by atoms with Gasteiger partial charge in [-0.15, -0.1) is 0 Å². The molecule has 6 nitrogen and oxygen atoms in total. The number of hydrogen-bond acceptors (Lipinski definition) is 8. The number of fused-ring (bicyclic) bond motifs is 1. The molecule has 1 aromatic heterocycles. The molecule has 3 rings (SSSR count). The fraction of sp³-hybridized carbons (Fsp3) is 0.407. The fourth-order valence-corrected chi connectivity index (χ4v) is 4.68. The average Bonchev–Trinajstić information content (AvgIpc) is 2.89. The molecule has 0 unspecified atom stereocenters. The number of pyridine rings is 1. The smallest absolute Gasteiger partial charge is 0.148 e. The zero-order valence-electron chi connectivity index (χ0n) is 21.4. The Balaban J connectivity index is 0.00000210. The molecule has 0 atom stereocenters. The van der Waals surface area contributed by atoms with Crippen LogP contribution in [-0.2, 0) is 19.4 Å². The van der Waals surface area contributed by atoms with Crippen LogP contribution in [0.5, 0.6) is 0 Å². The van der Waals surface area contributed by atoms with E-state index in [1.54, 1.807) is 21.8 Å². The summed E-state index contributed by atoms with van der Waals surface area (Å²) in [6.07, 6.45) is 5.73. The molecule has 0 aliphatic heterocycles. The monoisotopic (exact) mass is 512 g/mol. The molecule has 7 N–H and O–H groups in total. The number of benzene rings is 2. The fourth-order valence-electron chi connectivity index (χ4n) is 3.73. The van der Waals surface area contributed by atoms with E-state index in [2.05, 4.69) is 65.4 Å². The van der Waals surface area contributed by atoms with Gasteiger partial charge in [-0.1, -0.05) is 68.0 Å². The first-order chi connectivity index (χ1) is 17.1. The van der Waals surface area contributed by atoms with Gasteiger partial charge in [0, 0.05) is 42.7 Å². The normalized spacial score (nSPS) is 11.4. The third-order valence-electron chi connectivity index (χ3n) is 5.45. The zero-order chi connectivity index (χ0) is 25.6. The van der Waals surface area contributed by atoms with Gasteiger partial charge < -0.3 is 17.2 Å². The van der Waals surface area contributed by atoms with Crippen molar-refractivity contribution in [3.05, 3.63) is 64.7 Å². The van der Waals surface area contributed by atoms with Crippen molar-refractivity contribution in [1.29, 1.82) is 0 Å². The summed E-state index contributed by atoms with van der Waals surface area (Å²) in [4.78, 5) is 9.53. The topological polar surface area (TPSA) is 115 Å². The number of aryl methyl sites for hydroxylation is 1. The van der Waals surface area contributed by atoms with E-state index in [4.69, 9.17) is 22.2 Å². The SMILES string of the molecule is CC.CCCN=C(Cc1ccc(CN)cc1)c1c(N)c(N)nc2cc(CCCNSSC)ccc12. The number of nitrogens with zero attached hydrogens (tertiary/aromatic N) is 2. The summed E-state index contributed by atoms with van der Waals surface area (Å²) >= 11 is 0. The van der Waals surface area contributed by atoms with Gasteiger partial charge >= 0.3 is 0 Å². The van der Waals surface area contributed by atoms with Gasteiger partial charge in [0.05, 0.1) is 11.2 Å². The molecule has 35 heavy (non-hydrogen) atoms. The number of nitrogen functional groups attached to an aromatic ring is 2. The van der Waals surface area contributed by atoms with E-state index in [1.807, 2.05) is 13.8 Å². The van der Waals surface area contributed by atoms with Crippen molar-refractivity contribution in [2.45, 2.75) is 53.0 Å².